The van der Waals surface area contributed by atoms with Gasteiger partial charge in [0.1, 0.15) is 12.2 Å². The fraction of sp³-hybridized carbons (Fsp3) is 0.273. The van der Waals surface area contributed by atoms with E-state index in [1.807, 2.05) is 0 Å². The molecule has 1 unspecified atom stereocenters. The molecule has 0 aromatic heterocycles. The van der Waals surface area contributed by atoms with Crippen LogP contribution in [0.25, 0.3) is 0 Å². The lowest BCUT2D eigenvalue weighted by Gasteiger charge is -2.09. The van der Waals surface area contributed by atoms with Crippen molar-refractivity contribution in [3.63, 3.8) is 0 Å². The van der Waals surface area contributed by atoms with Gasteiger partial charge in [-0.1, -0.05) is 12.1 Å². The molecule has 6 heteroatoms. The molecule has 0 aliphatic carbocycles. The van der Waals surface area contributed by atoms with Gasteiger partial charge < -0.3 is 9.53 Å². The van der Waals surface area contributed by atoms with Crippen molar-refractivity contribution in [3.8, 4) is 0 Å². The summed E-state index contributed by atoms with van der Waals surface area (Å²) in [6.07, 6.45) is 0.458. The van der Waals surface area contributed by atoms with E-state index in [1.54, 1.807) is 6.92 Å². The van der Waals surface area contributed by atoms with E-state index in [4.69, 9.17) is 4.74 Å². The van der Waals surface area contributed by atoms with Gasteiger partial charge in [-0.3, -0.25) is 14.9 Å². The molecular weight excluding hydrogens is 226 g/mol. The van der Waals surface area contributed by atoms with Gasteiger partial charge in [-0.05, 0) is 12.5 Å². The van der Waals surface area contributed by atoms with Gasteiger partial charge in [0.2, 0.25) is 0 Å². The number of esters is 1. The van der Waals surface area contributed by atoms with Gasteiger partial charge in [0.25, 0.3) is 5.69 Å². The van der Waals surface area contributed by atoms with Gasteiger partial charge in [0.05, 0.1) is 11.5 Å². The fourth-order valence-electron chi connectivity index (χ4n) is 1.31. The maximum atomic E-state index is 11.4. The highest BCUT2D eigenvalue weighted by molar-refractivity contribution is 5.94. The summed E-state index contributed by atoms with van der Waals surface area (Å²) in [4.78, 5) is 32.1. The second-order valence-corrected chi connectivity index (χ2v) is 3.21. The van der Waals surface area contributed by atoms with Crippen molar-refractivity contribution in [2.45, 2.75) is 12.8 Å². The topological polar surface area (TPSA) is 86.5 Å². The van der Waals surface area contributed by atoms with Crippen molar-refractivity contribution < 1.29 is 19.2 Å². The molecule has 1 atom stereocenters. The number of rotatable bonds is 5. The average Bonchev–Trinajstić information content (AvgIpc) is 2.31. The summed E-state index contributed by atoms with van der Waals surface area (Å²) in [6.45, 7) is 1.81. The lowest BCUT2D eigenvalue weighted by Crippen LogP contribution is -2.17. The predicted molar refractivity (Wildman–Crippen MR) is 58.5 cm³/mol. The van der Waals surface area contributed by atoms with Gasteiger partial charge in [0, 0.05) is 12.1 Å². The zero-order valence-corrected chi connectivity index (χ0v) is 9.16. The highest BCUT2D eigenvalue weighted by Gasteiger charge is 2.21. The minimum absolute atomic E-state index is 0.0951. The summed E-state index contributed by atoms with van der Waals surface area (Å²) in [7, 11) is 0. The molecule has 0 bridgehead atoms. The van der Waals surface area contributed by atoms with Crippen LogP contribution in [-0.4, -0.2) is 23.8 Å². The van der Waals surface area contributed by atoms with E-state index in [1.165, 1.54) is 24.3 Å². The van der Waals surface area contributed by atoms with Crippen LogP contribution >= 0.6 is 0 Å². The first kappa shape index (κ1) is 12.8. The SMILES string of the molecule is CCOC(=O)C(C=O)c1ccc([N+](=O)[O-])cc1. The Bertz CT molecular complexity index is 426. The van der Waals surface area contributed by atoms with Crippen LogP contribution in [0.4, 0.5) is 5.69 Å². The maximum Gasteiger partial charge on any atom is 0.320 e. The lowest BCUT2D eigenvalue weighted by molar-refractivity contribution is -0.384. The number of hydrogen-bond donors (Lipinski definition) is 0. The van der Waals surface area contributed by atoms with E-state index in [-0.39, 0.29) is 12.3 Å². The zero-order valence-electron chi connectivity index (χ0n) is 9.16. The molecule has 0 radical (unpaired) electrons. The zero-order chi connectivity index (χ0) is 12.8. The Morgan fingerprint density at radius 3 is 2.47 bits per heavy atom. The van der Waals surface area contributed by atoms with Crippen LogP contribution in [0.15, 0.2) is 24.3 Å². The highest BCUT2D eigenvalue weighted by Crippen LogP contribution is 2.19. The highest BCUT2D eigenvalue weighted by atomic mass is 16.6. The van der Waals surface area contributed by atoms with Gasteiger partial charge in [-0.15, -0.1) is 0 Å². The van der Waals surface area contributed by atoms with Crippen LogP contribution in [0.2, 0.25) is 0 Å². The van der Waals surface area contributed by atoms with Crippen LogP contribution < -0.4 is 0 Å². The van der Waals surface area contributed by atoms with Crippen molar-refractivity contribution in [1.29, 1.82) is 0 Å². The first-order valence-corrected chi connectivity index (χ1v) is 4.96. The molecular formula is C11H11NO5. The number of nitrogens with zero attached hydrogens (tertiary/aromatic N) is 1. The molecule has 17 heavy (non-hydrogen) atoms. The van der Waals surface area contributed by atoms with E-state index in [2.05, 4.69) is 0 Å². The molecule has 0 saturated carbocycles. The molecule has 0 heterocycles. The second kappa shape index (κ2) is 5.74. The molecule has 0 N–H and O–H groups in total. The molecule has 6 nitrogen and oxygen atoms in total. The third kappa shape index (κ3) is 3.10. The summed E-state index contributed by atoms with van der Waals surface area (Å²) in [5.74, 6) is -1.69. The Kier molecular flexibility index (Phi) is 4.33. The number of carbonyl (C=O) groups excluding carboxylic acids is 2. The van der Waals surface area contributed by atoms with Crippen LogP contribution in [0.1, 0.15) is 18.4 Å². The fourth-order valence-corrected chi connectivity index (χ4v) is 1.31. The number of nitro benzene ring substituents is 1. The van der Waals surface area contributed by atoms with E-state index >= 15 is 0 Å². The van der Waals surface area contributed by atoms with Gasteiger partial charge in [-0.25, -0.2) is 0 Å². The smallest absolute Gasteiger partial charge is 0.320 e. The number of aldehydes is 1. The van der Waals surface area contributed by atoms with Gasteiger partial charge in [-0.2, -0.15) is 0 Å². The molecule has 1 rings (SSSR count). The van der Waals surface area contributed by atoms with E-state index < -0.39 is 16.8 Å². The largest absolute Gasteiger partial charge is 0.465 e. The normalized spacial score (nSPS) is 11.6. The Labute approximate surface area is 97.3 Å². The minimum Gasteiger partial charge on any atom is -0.465 e. The van der Waals surface area contributed by atoms with E-state index in [0.29, 0.717) is 11.8 Å². The maximum absolute atomic E-state index is 11.4. The lowest BCUT2D eigenvalue weighted by atomic mass is 10.0. The quantitative estimate of drug-likeness (QED) is 0.254. The Balaban J connectivity index is 2.93. The van der Waals surface area contributed by atoms with E-state index in [9.17, 15) is 19.7 Å². The molecule has 1 aromatic carbocycles. The number of carbonyl (C=O) groups is 2. The summed E-state index contributed by atoms with van der Waals surface area (Å²) in [5, 5.41) is 10.4. The summed E-state index contributed by atoms with van der Waals surface area (Å²) < 4.78 is 4.72. The molecule has 0 spiro atoms. The molecule has 0 aliphatic rings. The monoisotopic (exact) mass is 237 g/mol. The van der Waals surface area contributed by atoms with Crippen molar-refractivity contribution in [3.05, 3.63) is 39.9 Å². The van der Waals surface area contributed by atoms with Crippen molar-refractivity contribution >= 4 is 17.9 Å². The summed E-state index contributed by atoms with van der Waals surface area (Å²) >= 11 is 0. The van der Waals surface area contributed by atoms with Crippen molar-refractivity contribution in [1.82, 2.24) is 0 Å². The first-order valence-electron chi connectivity index (χ1n) is 4.96. The standard InChI is InChI=1S/C11H11NO5/c1-2-17-11(14)10(7-13)8-3-5-9(6-4-8)12(15)16/h3-7,10H,2H2,1H3. The predicted octanol–water partition coefficient (Wildman–Crippen LogP) is 1.44. The Morgan fingerprint density at radius 1 is 1.47 bits per heavy atom. The van der Waals surface area contributed by atoms with Gasteiger partial charge in [0.15, 0.2) is 0 Å². The minimum atomic E-state index is -1.03. The van der Waals surface area contributed by atoms with Crippen LogP contribution in [0.3, 0.4) is 0 Å². The Hall–Kier alpha value is -2.24. The summed E-state index contributed by atoms with van der Waals surface area (Å²) in [5.41, 5.74) is 0.284. The third-order valence-electron chi connectivity index (χ3n) is 2.14. The number of nitro groups is 1. The number of benzene rings is 1. The van der Waals surface area contributed by atoms with Crippen LogP contribution in [0, 0.1) is 10.1 Å². The molecule has 90 valence electrons. The second-order valence-electron chi connectivity index (χ2n) is 3.21. The number of non-ortho nitro benzene ring substituents is 1. The van der Waals surface area contributed by atoms with E-state index in [0.717, 1.165) is 0 Å². The molecule has 0 aliphatic heterocycles. The van der Waals surface area contributed by atoms with Crippen LogP contribution in [-0.2, 0) is 14.3 Å². The molecule has 0 amide bonds. The molecule has 1 aromatic rings. The van der Waals surface area contributed by atoms with Gasteiger partial charge >= 0.3 is 5.97 Å². The number of ether oxygens (including phenoxy) is 1. The summed E-state index contributed by atoms with van der Waals surface area (Å²) in [6, 6.07) is 5.22. The average molecular weight is 237 g/mol. The third-order valence-corrected chi connectivity index (χ3v) is 2.14. The number of hydrogen-bond acceptors (Lipinski definition) is 5. The van der Waals surface area contributed by atoms with Crippen molar-refractivity contribution in [2.24, 2.45) is 0 Å². The van der Waals surface area contributed by atoms with Crippen molar-refractivity contribution in [2.75, 3.05) is 6.61 Å². The molecule has 0 fully saturated rings. The van der Waals surface area contributed by atoms with Crippen LogP contribution in [0.5, 0.6) is 0 Å². The first-order chi connectivity index (χ1) is 8.10. The molecule has 0 saturated heterocycles. The Morgan fingerprint density at radius 2 is 2.06 bits per heavy atom.